The smallest absolute Gasteiger partial charge is 0.322 e. The van der Waals surface area contributed by atoms with Crippen molar-refractivity contribution in [3.63, 3.8) is 0 Å². The van der Waals surface area contributed by atoms with Crippen LogP contribution >= 0.6 is 11.3 Å². The molecule has 3 aliphatic heterocycles. The molecule has 0 radical (unpaired) electrons. The number of carbonyl (C=O) groups excluding carboxylic acids is 3. The maximum atomic E-state index is 13.1. The highest BCUT2D eigenvalue weighted by atomic mass is 32.1. The topological polar surface area (TPSA) is 91.0 Å². The van der Waals surface area contributed by atoms with E-state index >= 15 is 0 Å². The van der Waals surface area contributed by atoms with Crippen LogP contribution in [0.4, 0.5) is 4.79 Å². The van der Waals surface area contributed by atoms with Crippen LogP contribution in [-0.2, 0) is 29.8 Å². The monoisotopic (exact) mass is 426 g/mol. The minimum Gasteiger partial charge on any atom is -0.497 e. The number of methoxy groups -OCH3 is 1. The summed E-state index contributed by atoms with van der Waals surface area (Å²) in [6, 6.07) is 6.88. The zero-order valence-corrected chi connectivity index (χ0v) is 17.6. The van der Waals surface area contributed by atoms with Crippen molar-refractivity contribution in [1.82, 2.24) is 20.4 Å². The highest BCUT2D eigenvalue weighted by Gasteiger charge is 2.51. The van der Waals surface area contributed by atoms with Crippen molar-refractivity contribution in [2.75, 3.05) is 27.2 Å². The molecule has 1 unspecified atom stereocenters. The minimum atomic E-state index is -1.28. The lowest BCUT2D eigenvalue weighted by Crippen LogP contribution is -2.52. The van der Waals surface area contributed by atoms with Gasteiger partial charge in [-0.3, -0.25) is 14.9 Å². The Hall–Kier alpha value is -2.91. The predicted molar refractivity (Wildman–Crippen MR) is 110 cm³/mol. The van der Waals surface area contributed by atoms with Gasteiger partial charge in [0.05, 0.1) is 13.7 Å². The van der Waals surface area contributed by atoms with E-state index in [0.717, 1.165) is 30.0 Å². The lowest BCUT2D eigenvalue weighted by atomic mass is 9.95. The fourth-order valence-electron chi connectivity index (χ4n) is 4.42. The van der Waals surface area contributed by atoms with Gasteiger partial charge in [0.2, 0.25) is 0 Å². The third-order valence-electron chi connectivity index (χ3n) is 6.04. The number of hydrogen-bond donors (Lipinski definition) is 2. The number of likely N-dealkylation sites (N-methyl/N-ethyl adjacent to an activating group) is 1. The molecule has 30 heavy (non-hydrogen) atoms. The van der Waals surface area contributed by atoms with Crippen LogP contribution in [0, 0.1) is 0 Å². The molecule has 4 heterocycles. The first-order valence-electron chi connectivity index (χ1n) is 9.80. The van der Waals surface area contributed by atoms with Gasteiger partial charge in [0.1, 0.15) is 5.75 Å². The van der Waals surface area contributed by atoms with Crippen LogP contribution in [0.1, 0.15) is 31.2 Å². The summed E-state index contributed by atoms with van der Waals surface area (Å²) < 4.78 is 5.24. The van der Waals surface area contributed by atoms with Crippen molar-refractivity contribution in [1.29, 1.82) is 0 Å². The van der Waals surface area contributed by atoms with Crippen LogP contribution in [0.5, 0.6) is 5.75 Å². The van der Waals surface area contributed by atoms with E-state index < -0.39 is 17.5 Å². The highest BCUT2D eigenvalue weighted by Crippen LogP contribution is 2.38. The molecule has 1 aromatic carbocycles. The molecule has 1 saturated heterocycles. The Morgan fingerprint density at radius 3 is 2.73 bits per heavy atom. The maximum Gasteiger partial charge on any atom is 0.322 e. The fraction of sp³-hybridized carbons (Fsp3) is 0.381. The van der Waals surface area contributed by atoms with E-state index in [1.807, 2.05) is 18.2 Å². The number of urea groups is 1. The molecule has 1 aromatic heterocycles. The first-order valence-corrected chi connectivity index (χ1v) is 10.6. The summed E-state index contributed by atoms with van der Waals surface area (Å²) in [6.07, 6.45) is 0.913. The van der Waals surface area contributed by atoms with Crippen LogP contribution in [-0.4, -0.2) is 54.9 Å². The van der Waals surface area contributed by atoms with Crippen LogP contribution in [0.3, 0.4) is 0 Å². The van der Waals surface area contributed by atoms with Crippen molar-refractivity contribution in [3.05, 3.63) is 50.7 Å². The zero-order valence-electron chi connectivity index (χ0n) is 16.8. The fourth-order valence-corrected chi connectivity index (χ4v) is 5.72. The maximum absolute atomic E-state index is 13.1. The van der Waals surface area contributed by atoms with Crippen molar-refractivity contribution in [2.24, 2.45) is 0 Å². The van der Waals surface area contributed by atoms with Crippen LogP contribution in [0.15, 0.2) is 24.3 Å². The van der Waals surface area contributed by atoms with Gasteiger partial charge in [-0.05, 0) is 42.8 Å². The Balaban J connectivity index is 1.50. The van der Waals surface area contributed by atoms with Gasteiger partial charge in [0.25, 0.3) is 11.8 Å². The summed E-state index contributed by atoms with van der Waals surface area (Å²) in [5.41, 5.74) is 1.35. The average Bonchev–Trinajstić information content (AvgIpc) is 3.36. The van der Waals surface area contributed by atoms with Gasteiger partial charge in [-0.2, -0.15) is 0 Å². The molecule has 0 saturated carbocycles. The van der Waals surface area contributed by atoms with E-state index in [9.17, 15) is 14.4 Å². The number of ether oxygens (including phenoxy) is 1. The molecule has 3 aliphatic rings. The molecule has 156 valence electrons. The number of imide groups is 1. The number of benzene rings is 1. The summed E-state index contributed by atoms with van der Waals surface area (Å²) >= 11 is 1.55. The van der Waals surface area contributed by atoms with Crippen molar-refractivity contribution in [3.8, 4) is 5.75 Å². The second-order valence-electron chi connectivity index (χ2n) is 8.04. The predicted octanol–water partition coefficient (Wildman–Crippen LogP) is 1.44. The number of nitrogens with zero attached hydrogens (tertiary/aromatic N) is 2. The van der Waals surface area contributed by atoms with E-state index in [4.69, 9.17) is 4.74 Å². The molecular weight excluding hydrogens is 404 g/mol. The SMILES string of the molecule is COc1ccc2c(c1)C(=O)N(CC1(c3cc4c(s3)CCN(C)C4)NC(=O)NC1=O)C2. The second kappa shape index (κ2) is 6.82. The molecule has 0 bridgehead atoms. The Kier molecular flexibility index (Phi) is 4.33. The van der Waals surface area contributed by atoms with Crippen molar-refractivity contribution < 1.29 is 19.1 Å². The summed E-state index contributed by atoms with van der Waals surface area (Å²) in [7, 11) is 3.62. The number of nitrogens with one attached hydrogen (secondary N) is 2. The molecule has 8 nitrogen and oxygen atoms in total. The summed E-state index contributed by atoms with van der Waals surface area (Å²) in [6.45, 7) is 2.23. The molecule has 4 amide bonds. The molecule has 9 heteroatoms. The minimum absolute atomic E-state index is 0.0790. The standard InChI is InChI=1S/C21H22N4O4S/c1-24-6-5-16-13(9-24)7-17(30-16)21(19(27)22-20(28)23-21)11-25-10-12-3-4-14(29-2)8-15(12)18(25)26/h3-4,7-8H,5-6,9-11H2,1-2H3,(H2,22,23,27,28). The summed E-state index contributed by atoms with van der Waals surface area (Å²) in [4.78, 5) is 44.1. The second-order valence-corrected chi connectivity index (χ2v) is 9.18. The molecule has 1 atom stereocenters. The Labute approximate surface area is 177 Å². The number of thiophene rings is 1. The van der Waals surface area contributed by atoms with E-state index in [0.29, 0.717) is 17.9 Å². The van der Waals surface area contributed by atoms with E-state index in [1.165, 1.54) is 10.4 Å². The Morgan fingerprint density at radius 2 is 2.00 bits per heavy atom. The first-order chi connectivity index (χ1) is 14.4. The number of rotatable bonds is 4. The van der Waals surface area contributed by atoms with E-state index in [-0.39, 0.29) is 12.5 Å². The molecule has 0 spiro atoms. The quantitative estimate of drug-likeness (QED) is 0.722. The van der Waals surface area contributed by atoms with Gasteiger partial charge < -0.3 is 19.9 Å². The normalized spacial score (nSPS) is 23.3. The largest absolute Gasteiger partial charge is 0.497 e. The number of fused-ring (bicyclic) bond motifs is 2. The van der Waals surface area contributed by atoms with Crippen molar-refractivity contribution in [2.45, 2.75) is 25.0 Å². The summed E-state index contributed by atoms with van der Waals surface area (Å²) in [5, 5.41) is 5.20. The summed E-state index contributed by atoms with van der Waals surface area (Å²) in [5.74, 6) is 0.0275. The lowest BCUT2D eigenvalue weighted by Gasteiger charge is -2.30. The average molecular weight is 426 g/mol. The molecule has 0 aliphatic carbocycles. The number of hydrogen-bond acceptors (Lipinski definition) is 6. The van der Waals surface area contributed by atoms with Gasteiger partial charge >= 0.3 is 6.03 Å². The van der Waals surface area contributed by atoms with E-state index in [2.05, 4.69) is 22.6 Å². The molecule has 1 fully saturated rings. The van der Waals surface area contributed by atoms with E-state index in [1.54, 1.807) is 29.4 Å². The van der Waals surface area contributed by atoms with Crippen LogP contribution in [0.2, 0.25) is 0 Å². The van der Waals surface area contributed by atoms with Gasteiger partial charge in [0.15, 0.2) is 5.54 Å². The van der Waals surface area contributed by atoms with Gasteiger partial charge in [-0.25, -0.2) is 4.79 Å². The third-order valence-corrected chi connectivity index (χ3v) is 7.44. The zero-order chi connectivity index (χ0) is 21.0. The molecule has 5 rings (SSSR count). The Morgan fingerprint density at radius 1 is 1.17 bits per heavy atom. The first kappa shape index (κ1) is 19.1. The van der Waals surface area contributed by atoms with Crippen LogP contribution in [0.25, 0.3) is 0 Å². The lowest BCUT2D eigenvalue weighted by molar-refractivity contribution is -0.124. The van der Waals surface area contributed by atoms with Gasteiger partial charge in [-0.15, -0.1) is 11.3 Å². The number of amides is 4. The highest BCUT2D eigenvalue weighted by molar-refractivity contribution is 7.12. The Bertz CT molecular complexity index is 1080. The molecule has 2 aromatic rings. The third kappa shape index (κ3) is 2.88. The number of carbonyl (C=O) groups is 3. The molecule has 2 N–H and O–H groups in total. The molecular formula is C21H22N4O4S. The van der Waals surface area contributed by atoms with Crippen molar-refractivity contribution >= 4 is 29.2 Å². The van der Waals surface area contributed by atoms with Gasteiger partial charge in [-0.1, -0.05) is 6.07 Å². The van der Waals surface area contributed by atoms with Gasteiger partial charge in [0, 0.05) is 35.0 Å². The van der Waals surface area contributed by atoms with Crippen LogP contribution < -0.4 is 15.4 Å².